The van der Waals surface area contributed by atoms with Crippen molar-refractivity contribution in [3.63, 3.8) is 0 Å². The van der Waals surface area contributed by atoms with Crippen molar-refractivity contribution in [2.75, 3.05) is 24.6 Å². The SMILES string of the molecule is Cl.O=C(c1ccc(C2SCCS2)cc1)N1CCC2CCC(C1)N2. The summed E-state index contributed by atoms with van der Waals surface area (Å²) in [7, 11) is 0. The first-order valence-electron chi connectivity index (χ1n) is 8.18. The number of hydrogen-bond acceptors (Lipinski definition) is 4. The summed E-state index contributed by atoms with van der Waals surface area (Å²) < 4.78 is 0.558. The van der Waals surface area contributed by atoms with Gasteiger partial charge in [-0.05, 0) is 37.0 Å². The van der Waals surface area contributed by atoms with Crippen LogP contribution in [0.15, 0.2) is 24.3 Å². The number of hydrogen-bond donors (Lipinski definition) is 1. The number of carbonyl (C=O) groups is 1. The summed E-state index contributed by atoms with van der Waals surface area (Å²) in [4.78, 5) is 14.8. The van der Waals surface area contributed by atoms with E-state index >= 15 is 0 Å². The number of benzene rings is 1. The van der Waals surface area contributed by atoms with Crippen LogP contribution in [0.4, 0.5) is 0 Å². The van der Waals surface area contributed by atoms with Crippen molar-refractivity contribution >= 4 is 41.8 Å². The highest BCUT2D eigenvalue weighted by atomic mass is 35.5. The molecule has 0 saturated carbocycles. The Balaban J connectivity index is 0.00000156. The maximum absolute atomic E-state index is 12.7. The number of fused-ring (bicyclic) bond motifs is 2. The summed E-state index contributed by atoms with van der Waals surface area (Å²) >= 11 is 4.02. The van der Waals surface area contributed by atoms with Gasteiger partial charge in [-0.1, -0.05) is 12.1 Å². The maximum Gasteiger partial charge on any atom is 0.253 e. The molecule has 3 aliphatic rings. The van der Waals surface area contributed by atoms with Crippen molar-refractivity contribution in [2.24, 2.45) is 0 Å². The average molecular weight is 371 g/mol. The monoisotopic (exact) mass is 370 g/mol. The lowest BCUT2D eigenvalue weighted by Crippen LogP contribution is -2.39. The lowest BCUT2D eigenvalue weighted by atomic mass is 10.1. The van der Waals surface area contributed by atoms with Crippen LogP contribution in [0, 0.1) is 0 Å². The molecule has 0 aromatic heterocycles. The van der Waals surface area contributed by atoms with Crippen molar-refractivity contribution in [3.05, 3.63) is 35.4 Å². The summed E-state index contributed by atoms with van der Waals surface area (Å²) in [5, 5.41) is 3.64. The van der Waals surface area contributed by atoms with Crippen molar-refractivity contribution in [3.8, 4) is 0 Å². The van der Waals surface area contributed by atoms with Gasteiger partial charge in [0, 0.05) is 42.2 Å². The Morgan fingerprint density at radius 1 is 1.04 bits per heavy atom. The molecule has 1 aromatic carbocycles. The van der Waals surface area contributed by atoms with Gasteiger partial charge < -0.3 is 10.2 Å². The predicted octanol–water partition coefficient (Wildman–Crippen LogP) is 3.55. The number of amides is 1. The molecule has 6 heteroatoms. The van der Waals surface area contributed by atoms with Gasteiger partial charge >= 0.3 is 0 Å². The third-order valence-electron chi connectivity index (χ3n) is 4.86. The zero-order valence-corrected chi connectivity index (χ0v) is 15.5. The molecule has 126 valence electrons. The van der Waals surface area contributed by atoms with Crippen molar-refractivity contribution in [1.29, 1.82) is 0 Å². The Morgan fingerprint density at radius 3 is 2.48 bits per heavy atom. The van der Waals surface area contributed by atoms with Crippen LogP contribution >= 0.6 is 35.9 Å². The second-order valence-corrected chi connectivity index (χ2v) is 9.10. The van der Waals surface area contributed by atoms with E-state index in [1.165, 1.54) is 29.9 Å². The lowest BCUT2D eigenvalue weighted by Gasteiger charge is -2.24. The number of likely N-dealkylation sites (tertiary alicyclic amines) is 1. The van der Waals surface area contributed by atoms with Crippen molar-refractivity contribution in [1.82, 2.24) is 10.2 Å². The molecular weight excluding hydrogens is 348 g/mol. The average Bonchev–Trinajstić information content (AvgIpc) is 3.17. The number of nitrogens with zero attached hydrogens (tertiary/aromatic N) is 1. The second-order valence-electron chi connectivity index (χ2n) is 6.37. The minimum absolute atomic E-state index is 0. The Hall–Kier alpha value is -0.360. The minimum Gasteiger partial charge on any atom is -0.337 e. The van der Waals surface area contributed by atoms with E-state index in [0.717, 1.165) is 25.1 Å². The topological polar surface area (TPSA) is 32.3 Å². The zero-order valence-electron chi connectivity index (χ0n) is 13.1. The van der Waals surface area contributed by atoms with Gasteiger partial charge in [0.25, 0.3) is 5.91 Å². The fourth-order valence-corrected chi connectivity index (χ4v) is 6.50. The molecule has 3 saturated heterocycles. The van der Waals surface area contributed by atoms with Crippen LogP contribution in [0.3, 0.4) is 0 Å². The summed E-state index contributed by atoms with van der Waals surface area (Å²) in [5.74, 6) is 2.67. The molecule has 4 rings (SSSR count). The van der Waals surface area contributed by atoms with E-state index < -0.39 is 0 Å². The van der Waals surface area contributed by atoms with Gasteiger partial charge in [-0.25, -0.2) is 0 Å². The minimum atomic E-state index is 0. The van der Waals surface area contributed by atoms with Crippen LogP contribution in [0.5, 0.6) is 0 Å². The van der Waals surface area contributed by atoms with E-state index in [1.54, 1.807) is 0 Å². The van der Waals surface area contributed by atoms with E-state index in [0.29, 0.717) is 16.7 Å². The zero-order chi connectivity index (χ0) is 14.9. The molecule has 2 unspecified atom stereocenters. The molecule has 3 heterocycles. The van der Waals surface area contributed by atoms with Gasteiger partial charge in [0.1, 0.15) is 0 Å². The molecular formula is C17H23ClN2OS2. The smallest absolute Gasteiger partial charge is 0.253 e. The van der Waals surface area contributed by atoms with Crippen molar-refractivity contribution in [2.45, 2.75) is 35.9 Å². The van der Waals surface area contributed by atoms with Crippen molar-refractivity contribution < 1.29 is 4.79 Å². The molecule has 0 radical (unpaired) electrons. The molecule has 0 aliphatic carbocycles. The molecule has 23 heavy (non-hydrogen) atoms. The van der Waals surface area contributed by atoms with Crippen LogP contribution in [-0.2, 0) is 0 Å². The Bertz CT molecular complexity index is 548. The van der Waals surface area contributed by atoms with E-state index in [2.05, 4.69) is 17.4 Å². The first-order chi connectivity index (χ1) is 10.8. The summed E-state index contributed by atoms with van der Waals surface area (Å²) in [6.07, 6.45) is 3.58. The van der Waals surface area contributed by atoms with Gasteiger partial charge in [0.15, 0.2) is 0 Å². The molecule has 2 bridgehead atoms. The molecule has 1 aromatic rings. The van der Waals surface area contributed by atoms with Gasteiger partial charge in [-0.15, -0.1) is 35.9 Å². The quantitative estimate of drug-likeness (QED) is 0.862. The molecule has 3 fully saturated rings. The number of rotatable bonds is 2. The summed E-state index contributed by atoms with van der Waals surface area (Å²) in [5.41, 5.74) is 2.19. The third-order valence-corrected chi connectivity index (χ3v) is 7.97. The second kappa shape index (κ2) is 7.68. The van der Waals surface area contributed by atoms with E-state index in [9.17, 15) is 4.79 Å². The normalized spacial score (nSPS) is 27.6. The van der Waals surface area contributed by atoms with Crippen LogP contribution in [0.25, 0.3) is 0 Å². The van der Waals surface area contributed by atoms with Crippen LogP contribution < -0.4 is 5.32 Å². The third kappa shape index (κ3) is 3.84. The molecule has 1 amide bonds. The highest BCUT2D eigenvalue weighted by molar-refractivity contribution is 8.19. The number of nitrogens with one attached hydrogen (secondary N) is 1. The standard InChI is InChI=1S/C17H22N2OS2.ClH/c20-16(19-8-7-14-5-6-15(11-19)18-14)12-1-3-13(4-2-12)17-21-9-10-22-17;/h1-4,14-15,17-18H,5-11H2;1H. The Morgan fingerprint density at radius 2 is 1.74 bits per heavy atom. The van der Waals surface area contributed by atoms with Gasteiger partial charge in [0.2, 0.25) is 0 Å². The van der Waals surface area contributed by atoms with E-state index in [-0.39, 0.29) is 18.3 Å². The number of thioether (sulfide) groups is 2. The van der Waals surface area contributed by atoms with Crippen LogP contribution in [0.2, 0.25) is 0 Å². The predicted molar refractivity (Wildman–Crippen MR) is 102 cm³/mol. The first kappa shape index (κ1) is 17.5. The van der Waals surface area contributed by atoms with Gasteiger partial charge in [0.05, 0.1) is 4.58 Å². The van der Waals surface area contributed by atoms with E-state index in [4.69, 9.17) is 0 Å². The Kier molecular flexibility index (Phi) is 5.83. The highest BCUT2D eigenvalue weighted by Gasteiger charge is 2.31. The molecule has 1 N–H and O–H groups in total. The molecule has 0 spiro atoms. The summed E-state index contributed by atoms with van der Waals surface area (Å²) in [6, 6.07) is 9.46. The molecule has 3 aliphatic heterocycles. The lowest BCUT2D eigenvalue weighted by molar-refractivity contribution is 0.0748. The van der Waals surface area contributed by atoms with Gasteiger partial charge in [-0.2, -0.15) is 0 Å². The van der Waals surface area contributed by atoms with Crippen LogP contribution in [-0.4, -0.2) is 47.5 Å². The Labute approximate surface area is 152 Å². The fourth-order valence-electron chi connectivity index (χ4n) is 3.64. The number of carbonyl (C=O) groups excluding carboxylic acids is 1. The summed E-state index contributed by atoms with van der Waals surface area (Å²) in [6.45, 7) is 1.76. The highest BCUT2D eigenvalue weighted by Crippen LogP contribution is 2.45. The van der Waals surface area contributed by atoms with Gasteiger partial charge in [-0.3, -0.25) is 4.79 Å². The number of halogens is 1. The van der Waals surface area contributed by atoms with E-state index in [1.807, 2.05) is 40.6 Å². The first-order valence-corrected chi connectivity index (χ1v) is 10.3. The molecule has 2 atom stereocenters. The maximum atomic E-state index is 12.7. The van der Waals surface area contributed by atoms with Crippen LogP contribution in [0.1, 0.15) is 39.8 Å². The fraction of sp³-hybridized carbons (Fsp3) is 0.588. The molecule has 3 nitrogen and oxygen atoms in total. The largest absolute Gasteiger partial charge is 0.337 e.